The first-order chi connectivity index (χ1) is 9.10. The zero-order valence-electron chi connectivity index (χ0n) is 11.0. The molecular weight excluding hydrogens is 306 g/mol. The van der Waals surface area contributed by atoms with E-state index in [0.29, 0.717) is 5.69 Å². The maximum atomic E-state index is 11.6. The van der Waals surface area contributed by atoms with Crippen LogP contribution < -0.4 is 5.56 Å². The van der Waals surface area contributed by atoms with Crippen LogP contribution in [-0.4, -0.2) is 33.4 Å². The summed E-state index contributed by atoms with van der Waals surface area (Å²) in [5.41, 5.74) is -0.729. The summed E-state index contributed by atoms with van der Waals surface area (Å²) < 4.78 is 24.5. The normalized spacial score (nSPS) is 12.6. The van der Waals surface area contributed by atoms with E-state index in [9.17, 15) is 13.2 Å². The Hall–Kier alpha value is -1.74. The predicted molar refractivity (Wildman–Crippen MR) is 71.9 cm³/mol. The van der Waals surface area contributed by atoms with Crippen molar-refractivity contribution in [1.29, 1.82) is 0 Å². The highest BCUT2D eigenvalue weighted by Gasteiger charge is 2.30. The third kappa shape index (κ3) is 2.73. The van der Waals surface area contributed by atoms with Crippen molar-refractivity contribution in [3.63, 3.8) is 0 Å². The highest BCUT2D eigenvalue weighted by Crippen LogP contribution is 2.27. The Balaban J connectivity index is 2.76. The van der Waals surface area contributed by atoms with Crippen LogP contribution >= 0.6 is 10.7 Å². The monoisotopic (exact) mass is 317 g/mol. The van der Waals surface area contributed by atoms with Crippen molar-refractivity contribution >= 4 is 19.7 Å². The average Bonchev–Trinajstić information content (AvgIpc) is 2.73. The van der Waals surface area contributed by atoms with E-state index in [1.165, 1.54) is 16.7 Å². The fraction of sp³-hybridized carbons (Fsp3) is 0.400. The Bertz CT molecular complexity index is 783. The van der Waals surface area contributed by atoms with Gasteiger partial charge in [-0.2, -0.15) is 5.10 Å². The second-order valence-electron chi connectivity index (χ2n) is 5.06. The molecule has 0 aliphatic heterocycles. The minimum Gasteiger partial charge on any atom is -0.290 e. The van der Waals surface area contributed by atoms with Gasteiger partial charge in [-0.15, -0.1) is 10.2 Å². The maximum Gasteiger partial charge on any atom is 0.296 e. The van der Waals surface area contributed by atoms with Gasteiger partial charge >= 0.3 is 0 Å². The van der Waals surface area contributed by atoms with Crippen molar-refractivity contribution in [1.82, 2.24) is 25.0 Å². The molecule has 0 radical (unpaired) electrons. The van der Waals surface area contributed by atoms with Crippen LogP contribution in [0.4, 0.5) is 0 Å². The fourth-order valence-electron chi connectivity index (χ4n) is 1.67. The molecule has 8 nitrogen and oxygen atoms in total. The molecule has 2 aromatic heterocycles. The summed E-state index contributed by atoms with van der Waals surface area (Å²) in [6, 6.07) is 2.69. The molecule has 0 bridgehead atoms. The second kappa shape index (κ2) is 4.67. The van der Waals surface area contributed by atoms with Crippen molar-refractivity contribution in [2.45, 2.75) is 31.5 Å². The molecule has 0 fully saturated rings. The van der Waals surface area contributed by atoms with E-state index in [1.54, 1.807) is 20.8 Å². The van der Waals surface area contributed by atoms with Crippen LogP contribution in [0.25, 0.3) is 11.5 Å². The van der Waals surface area contributed by atoms with Gasteiger partial charge in [-0.3, -0.25) is 9.36 Å². The van der Waals surface area contributed by atoms with E-state index >= 15 is 0 Å². The maximum absolute atomic E-state index is 11.6. The van der Waals surface area contributed by atoms with Crippen molar-refractivity contribution < 1.29 is 8.42 Å². The molecular formula is C10H12ClN5O3S. The third-order valence-electron chi connectivity index (χ3n) is 2.43. The van der Waals surface area contributed by atoms with Crippen molar-refractivity contribution in [3.05, 3.63) is 22.5 Å². The summed E-state index contributed by atoms with van der Waals surface area (Å²) in [6.45, 7) is 5.32. The van der Waals surface area contributed by atoms with E-state index < -0.39 is 14.6 Å². The number of rotatable bonds is 2. The minimum atomic E-state index is -4.05. The van der Waals surface area contributed by atoms with Gasteiger partial charge in [-0.25, -0.2) is 13.5 Å². The van der Waals surface area contributed by atoms with Gasteiger partial charge in [-0.05, 0) is 26.8 Å². The van der Waals surface area contributed by atoms with Gasteiger partial charge in [-0.1, -0.05) is 0 Å². The first-order valence-corrected chi connectivity index (χ1v) is 7.88. The number of aromatic amines is 1. The number of halogens is 1. The number of hydrogen-bond donors (Lipinski definition) is 1. The van der Waals surface area contributed by atoms with E-state index in [2.05, 4.69) is 20.4 Å². The summed E-state index contributed by atoms with van der Waals surface area (Å²) in [5, 5.41) is 13.1. The Morgan fingerprint density at radius 2 is 1.90 bits per heavy atom. The Morgan fingerprint density at radius 1 is 1.25 bits per heavy atom. The number of nitrogens with zero attached hydrogens (tertiary/aromatic N) is 4. The van der Waals surface area contributed by atoms with Gasteiger partial charge in [0, 0.05) is 22.3 Å². The van der Waals surface area contributed by atoms with Crippen LogP contribution in [0.1, 0.15) is 20.8 Å². The van der Waals surface area contributed by atoms with E-state index in [4.69, 9.17) is 10.7 Å². The van der Waals surface area contributed by atoms with E-state index in [1.807, 2.05) is 0 Å². The number of hydrogen-bond acceptors (Lipinski definition) is 6. The van der Waals surface area contributed by atoms with Crippen LogP contribution in [0.5, 0.6) is 0 Å². The topological polar surface area (TPSA) is 111 Å². The zero-order valence-corrected chi connectivity index (χ0v) is 12.5. The molecule has 0 aliphatic rings. The molecule has 2 rings (SSSR count). The molecule has 2 aromatic rings. The van der Waals surface area contributed by atoms with Crippen LogP contribution in [-0.2, 0) is 14.6 Å². The quantitative estimate of drug-likeness (QED) is 0.817. The highest BCUT2D eigenvalue weighted by molar-refractivity contribution is 8.13. The summed E-state index contributed by atoms with van der Waals surface area (Å²) in [7, 11) is 1.32. The molecule has 0 saturated heterocycles. The summed E-state index contributed by atoms with van der Waals surface area (Å²) in [5.74, 6) is 0.202. The highest BCUT2D eigenvalue weighted by atomic mass is 35.7. The molecule has 0 aromatic carbocycles. The molecule has 2 heterocycles. The molecule has 0 unspecified atom stereocenters. The number of H-pyrrole nitrogens is 1. The number of nitrogens with one attached hydrogen (secondary N) is 1. The van der Waals surface area contributed by atoms with Crippen molar-refractivity contribution in [2.75, 3.05) is 0 Å². The zero-order chi connectivity index (χ0) is 15.1. The number of aromatic nitrogens is 5. The van der Waals surface area contributed by atoms with Crippen molar-refractivity contribution in [2.24, 2.45) is 0 Å². The van der Waals surface area contributed by atoms with Crippen LogP contribution in [0.15, 0.2) is 22.1 Å². The first kappa shape index (κ1) is 14.7. The lowest BCUT2D eigenvalue weighted by Crippen LogP contribution is -2.26. The van der Waals surface area contributed by atoms with E-state index in [0.717, 1.165) is 0 Å². The lowest BCUT2D eigenvalue weighted by atomic mass is 10.1. The van der Waals surface area contributed by atoms with Gasteiger partial charge in [0.1, 0.15) is 5.69 Å². The van der Waals surface area contributed by atoms with Gasteiger partial charge in [0.05, 0.1) is 0 Å². The summed E-state index contributed by atoms with van der Waals surface area (Å²) in [6.07, 6.45) is 0. The first-order valence-electron chi connectivity index (χ1n) is 5.57. The van der Waals surface area contributed by atoms with Gasteiger partial charge in [0.25, 0.3) is 19.8 Å². The van der Waals surface area contributed by atoms with Crippen molar-refractivity contribution in [3.8, 4) is 11.5 Å². The SMILES string of the molecule is CC(C)(C)n1c(-c2ccc(=O)[nH]n2)nnc1S(=O)(=O)Cl. The average molecular weight is 318 g/mol. The Labute approximate surface area is 119 Å². The summed E-state index contributed by atoms with van der Waals surface area (Å²) in [4.78, 5) is 11.0. The standard InChI is InChI=1S/C10H12ClN5O3S/c1-10(2,3)16-8(6-4-5-7(17)13-12-6)14-15-9(16)20(11,18)19/h4-5H,1-3H3,(H,13,17). The largest absolute Gasteiger partial charge is 0.296 e. The Kier molecular flexibility index (Phi) is 3.42. The molecule has 0 amide bonds. The molecule has 1 N–H and O–H groups in total. The van der Waals surface area contributed by atoms with E-state index in [-0.39, 0.29) is 16.5 Å². The summed E-state index contributed by atoms with van der Waals surface area (Å²) >= 11 is 0. The van der Waals surface area contributed by atoms with Gasteiger partial charge in [0.15, 0.2) is 5.82 Å². The molecule has 108 valence electrons. The fourth-order valence-corrected chi connectivity index (χ4v) is 2.68. The predicted octanol–water partition coefficient (Wildman–Crippen LogP) is 0.711. The second-order valence-corrected chi connectivity index (χ2v) is 7.52. The molecule has 20 heavy (non-hydrogen) atoms. The smallest absolute Gasteiger partial charge is 0.290 e. The molecule has 0 atom stereocenters. The lowest BCUT2D eigenvalue weighted by molar-refractivity contribution is 0.366. The Morgan fingerprint density at radius 3 is 2.35 bits per heavy atom. The van der Waals surface area contributed by atoms with Crippen LogP contribution in [0, 0.1) is 0 Å². The molecule has 0 spiro atoms. The molecule has 0 saturated carbocycles. The molecule has 10 heteroatoms. The van der Waals surface area contributed by atoms with Gasteiger partial charge < -0.3 is 0 Å². The lowest BCUT2D eigenvalue weighted by Gasteiger charge is -2.23. The van der Waals surface area contributed by atoms with Crippen LogP contribution in [0.2, 0.25) is 0 Å². The molecule has 0 aliphatic carbocycles. The third-order valence-corrected chi connectivity index (χ3v) is 3.54. The van der Waals surface area contributed by atoms with Crippen LogP contribution in [0.3, 0.4) is 0 Å². The van der Waals surface area contributed by atoms with Gasteiger partial charge in [0.2, 0.25) is 0 Å². The minimum absolute atomic E-state index is 0.202.